The number of amides is 1. The van der Waals surface area contributed by atoms with Crippen LogP contribution in [0.1, 0.15) is 23.7 Å². The Morgan fingerprint density at radius 2 is 1.74 bits per heavy atom. The maximum atomic E-state index is 12.9. The van der Waals surface area contributed by atoms with Crippen molar-refractivity contribution in [1.82, 2.24) is 15.0 Å². The maximum Gasteiger partial charge on any atom is 0.338 e. The van der Waals surface area contributed by atoms with Crippen LogP contribution in [0.25, 0.3) is 33.7 Å². The van der Waals surface area contributed by atoms with E-state index in [2.05, 4.69) is 20.3 Å². The number of carbonyl (C=O) groups excluding carboxylic acids is 2. The number of hydrogen-bond donors (Lipinski definition) is 2. The van der Waals surface area contributed by atoms with E-state index in [0.29, 0.717) is 45.6 Å². The third-order valence-electron chi connectivity index (χ3n) is 6.09. The molecular weight excluding hydrogens is 516 g/mol. The van der Waals surface area contributed by atoms with Gasteiger partial charge in [0.2, 0.25) is 0 Å². The second-order valence-corrected chi connectivity index (χ2v) is 9.44. The molecule has 5 rings (SSSR count). The molecule has 10 heteroatoms. The van der Waals surface area contributed by atoms with Gasteiger partial charge in [-0.25, -0.2) is 14.8 Å². The number of esters is 1. The smallest absolute Gasteiger partial charge is 0.338 e. The average Bonchev–Trinajstić information content (AvgIpc) is 3.62. The number of benzene rings is 3. The summed E-state index contributed by atoms with van der Waals surface area (Å²) in [6, 6.07) is 20.3. The molecule has 2 aromatic heterocycles. The number of hydrogen-bond acceptors (Lipinski definition) is 8. The summed E-state index contributed by atoms with van der Waals surface area (Å²) >= 11 is 1.27. The SMILES string of the molecule is CCC(OC(=O)c1ccc2nc(-c3ccccc3)[nH]c2c1)C(=O)Nc1nc(-c2ccc(OC)c(OC)c2)cs1. The molecule has 39 heavy (non-hydrogen) atoms. The summed E-state index contributed by atoms with van der Waals surface area (Å²) < 4.78 is 16.2. The van der Waals surface area contributed by atoms with Crippen molar-refractivity contribution in [3.05, 3.63) is 77.7 Å². The lowest BCUT2D eigenvalue weighted by atomic mass is 10.1. The summed E-state index contributed by atoms with van der Waals surface area (Å²) in [6.45, 7) is 1.78. The minimum atomic E-state index is -0.983. The Balaban J connectivity index is 1.26. The predicted molar refractivity (Wildman–Crippen MR) is 150 cm³/mol. The molecule has 0 radical (unpaired) electrons. The molecule has 0 aliphatic heterocycles. The molecule has 0 saturated heterocycles. The molecule has 2 N–H and O–H groups in total. The number of aromatic nitrogens is 3. The van der Waals surface area contributed by atoms with Gasteiger partial charge in [0.1, 0.15) is 5.82 Å². The molecule has 1 amide bonds. The number of ether oxygens (including phenoxy) is 3. The number of rotatable bonds is 9. The van der Waals surface area contributed by atoms with Crippen LogP contribution < -0.4 is 14.8 Å². The zero-order chi connectivity index (χ0) is 27.4. The lowest BCUT2D eigenvalue weighted by molar-refractivity contribution is -0.124. The van der Waals surface area contributed by atoms with Gasteiger partial charge in [0, 0.05) is 16.5 Å². The number of carbonyl (C=O) groups is 2. The first-order valence-electron chi connectivity index (χ1n) is 12.2. The van der Waals surface area contributed by atoms with Crippen molar-refractivity contribution < 1.29 is 23.8 Å². The van der Waals surface area contributed by atoms with Gasteiger partial charge in [-0.15, -0.1) is 11.3 Å². The summed E-state index contributed by atoms with van der Waals surface area (Å²) in [5.74, 6) is 0.850. The van der Waals surface area contributed by atoms with E-state index in [1.54, 1.807) is 45.4 Å². The minimum Gasteiger partial charge on any atom is -0.493 e. The highest BCUT2D eigenvalue weighted by Crippen LogP contribution is 2.33. The zero-order valence-electron chi connectivity index (χ0n) is 21.6. The Labute approximate surface area is 228 Å². The van der Waals surface area contributed by atoms with Crippen LogP contribution in [0.15, 0.2) is 72.1 Å². The van der Waals surface area contributed by atoms with Gasteiger partial charge in [-0.3, -0.25) is 10.1 Å². The van der Waals surface area contributed by atoms with Crippen LogP contribution in [0.4, 0.5) is 5.13 Å². The Morgan fingerprint density at radius 3 is 2.49 bits per heavy atom. The van der Waals surface area contributed by atoms with Crippen LogP contribution in [0, 0.1) is 0 Å². The van der Waals surface area contributed by atoms with Gasteiger partial charge in [0.25, 0.3) is 5.91 Å². The molecule has 0 saturated carbocycles. The van der Waals surface area contributed by atoms with Crippen LogP contribution in [0.2, 0.25) is 0 Å². The Kier molecular flexibility index (Phi) is 7.55. The van der Waals surface area contributed by atoms with Crippen LogP contribution >= 0.6 is 11.3 Å². The van der Waals surface area contributed by atoms with Crippen molar-refractivity contribution in [2.45, 2.75) is 19.4 Å². The summed E-state index contributed by atoms with van der Waals surface area (Å²) in [5.41, 5.74) is 4.17. The number of H-pyrrole nitrogens is 1. The number of fused-ring (bicyclic) bond motifs is 1. The van der Waals surface area contributed by atoms with E-state index in [0.717, 1.165) is 16.6 Å². The predicted octanol–water partition coefficient (Wildman–Crippen LogP) is 5.94. The van der Waals surface area contributed by atoms with Gasteiger partial charge in [0.15, 0.2) is 22.7 Å². The molecule has 1 atom stereocenters. The van der Waals surface area contributed by atoms with Gasteiger partial charge in [-0.1, -0.05) is 37.3 Å². The third-order valence-corrected chi connectivity index (χ3v) is 6.85. The highest BCUT2D eigenvalue weighted by atomic mass is 32.1. The standard InChI is InChI=1S/C29H26N4O5S/c1-4-23(27(34)33-29-32-22(16-39-29)18-11-13-24(36-2)25(15-18)37-3)38-28(35)19-10-12-20-21(14-19)31-26(30-20)17-8-6-5-7-9-17/h5-16,23H,4H2,1-3H3,(H,30,31)(H,32,33,34). The first-order valence-corrected chi connectivity index (χ1v) is 13.1. The number of nitrogens with zero attached hydrogens (tertiary/aromatic N) is 2. The molecule has 0 fully saturated rings. The molecule has 2 heterocycles. The molecule has 0 spiro atoms. The fourth-order valence-electron chi connectivity index (χ4n) is 4.03. The molecule has 5 aromatic rings. The van der Waals surface area contributed by atoms with E-state index in [-0.39, 0.29) is 0 Å². The Bertz CT molecular complexity index is 1630. The van der Waals surface area contributed by atoms with Crippen LogP contribution in [0.5, 0.6) is 11.5 Å². The van der Waals surface area contributed by atoms with Crippen LogP contribution in [-0.2, 0) is 9.53 Å². The van der Waals surface area contributed by atoms with Crippen molar-refractivity contribution in [2.75, 3.05) is 19.5 Å². The number of nitrogens with one attached hydrogen (secondary N) is 2. The van der Waals surface area contributed by atoms with Crippen molar-refractivity contribution in [3.8, 4) is 34.1 Å². The van der Waals surface area contributed by atoms with E-state index in [4.69, 9.17) is 14.2 Å². The normalized spacial score (nSPS) is 11.7. The van der Waals surface area contributed by atoms with E-state index < -0.39 is 18.0 Å². The number of thiazole rings is 1. The number of aromatic amines is 1. The van der Waals surface area contributed by atoms with Gasteiger partial charge in [-0.2, -0.15) is 0 Å². The van der Waals surface area contributed by atoms with E-state index in [1.165, 1.54) is 11.3 Å². The number of imidazole rings is 1. The maximum absolute atomic E-state index is 12.9. The molecule has 3 aromatic carbocycles. The van der Waals surface area contributed by atoms with Crippen LogP contribution in [0.3, 0.4) is 0 Å². The van der Waals surface area contributed by atoms with Crippen molar-refractivity contribution >= 4 is 39.4 Å². The second-order valence-electron chi connectivity index (χ2n) is 8.58. The average molecular weight is 543 g/mol. The second kappa shape index (κ2) is 11.4. The van der Waals surface area contributed by atoms with Crippen molar-refractivity contribution in [3.63, 3.8) is 0 Å². The van der Waals surface area contributed by atoms with E-state index in [9.17, 15) is 9.59 Å². The molecule has 0 bridgehead atoms. The largest absolute Gasteiger partial charge is 0.493 e. The van der Waals surface area contributed by atoms with Gasteiger partial charge in [-0.05, 0) is 42.8 Å². The minimum absolute atomic E-state index is 0.302. The summed E-state index contributed by atoms with van der Waals surface area (Å²) in [4.78, 5) is 38.2. The third kappa shape index (κ3) is 5.60. The van der Waals surface area contributed by atoms with Crippen LogP contribution in [-0.4, -0.2) is 47.2 Å². The molecule has 198 valence electrons. The van der Waals surface area contributed by atoms with E-state index >= 15 is 0 Å². The first kappa shape index (κ1) is 25.9. The monoisotopic (exact) mass is 542 g/mol. The summed E-state index contributed by atoms with van der Waals surface area (Å²) in [5, 5.41) is 4.98. The van der Waals surface area contributed by atoms with Gasteiger partial charge < -0.3 is 19.2 Å². The lowest BCUT2D eigenvalue weighted by Gasteiger charge is -2.15. The zero-order valence-corrected chi connectivity index (χ0v) is 22.4. The van der Waals surface area contributed by atoms with Crippen molar-refractivity contribution in [2.24, 2.45) is 0 Å². The lowest BCUT2D eigenvalue weighted by Crippen LogP contribution is -2.32. The fourth-order valence-corrected chi connectivity index (χ4v) is 4.76. The number of methoxy groups -OCH3 is 2. The number of anilines is 1. The molecule has 1 unspecified atom stereocenters. The molecule has 9 nitrogen and oxygen atoms in total. The quantitative estimate of drug-likeness (QED) is 0.221. The highest BCUT2D eigenvalue weighted by Gasteiger charge is 2.24. The molecule has 0 aliphatic rings. The van der Waals surface area contributed by atoms with Gasteiger partial charge in [0.05, 0.1) is 36.5 Å². The summed E-state index contributed by atoms with van der Waals surface area (Å²) in [7, 11) is 3.14. The van der Waals surface area contributed by atoms with Gasteiger partial charge >= 0.3 is 5.97 Å². The van der Waals surface area contributed by atoms with E-state index in [1.807, 2.05) is 47.8 Å². The topological polar surface area (TPSA) is 115 Å². The Morgan fingerprint density at radius 1 is 0.949 bits per heavy atom. The van der Waals surface area contributed by atoms with Crippen molar-refractivity contribution in [1.29, 1.82) is 0 Å². The molecular formula is C29H26N4O5S. The fraction of sp³-hybridized carbons (Fsp3) is 0.172. The first-order chi connectivity index (χ1) is 19.0. The Hall–Kier alpha value is -4.70. The highest BCUT2D eigenvalue weighted by molar-refractivity contribution is 7.14. The molecule has 0 aliphatic carbocycles. The summed E-state index contributed by atoms with van der Waals surface area (Å²) in [6.07, 6.45) is -0.682.